The molecule has 28 heavy (non-hydrogen) atoms. The number of carbonyl (C=O) groups is 1. The lowest BCUT2D eigenvalue weighted by Crippen LogP contribution is -2.20. The van der Waals surface area contributed by atoms with Crippen LogP contribution in [0, 0.1) is 0 Å². The van der Waals surface area contributed by atoms with Crippen molar-refractivity contribution in [2.75, 3.05) is 5.32 Å². The predicted octanol–water partition coefficient (Wildman–Crippen LogP) is 4.49. The molecule has 4 rings (SSSR count). The average Bonchev–Trinajstić information content (AvgIpc) is 3.36. The molecular weight excluding hydrogens is 398 g/mol. The van der Waals surface area contributed by atoms with Crippen LogP contribution in [-0.4, -0.2) is 26.1 Å². The Morgan fingerprint density at radius 3 is 2.79 bits per heavy atom. The van der Waals surface area contributed by atoms with Crippen molar-refractivity contribution >= 4 is 34.5 Å². The number of benzene rings is 2. The van der Waals surface area contributed by atoms with Gasteiger partial charge in [0.15, 0.2) is 5.75 Å². The second-order valence-corrected chi connectivity index (χ2v) is 7.11. The highest BCUT2D eigenvalue weighted by Gasteiger charge is 2.13. The number of ether oxygens (including phenoxy) is 1. The standard InChI is InChI=1S/C19H14ClN5O2S/c20-13-8-9-16(27-14-5-2-1-3-6-14)15(11-13)21-18(26)12-25-23-19(22-24-25)17-7-4-10-28-17/h1-11H,12H2,(H,21,26). The second kappa shape index (κ2) is 8.20. The highest BCUT2D eigenvalue weighted by Crippen LogP contribution is 2.32. The first-order valence-electron chi connectivity index (χ1n) is 8.31. The van der Waals surface area contributed by atoms with E-state index in [-0.39, 0.29) is 12.5 Å². The highest BCUT2D eigenvalue weighted by atomic mass is 35.5. The van der Waals surface area contributed by atoms with E-state index in [9.17, 15) is 4.79 Å². The summed E-state index contributed by atoms with van der Waals surface area (Å²) in [4.78, 5) is 14.6. The van der Waals surface area contributed by atoms with E-state index in [2.05, 4.69) is 20.7 Å². The number of rotatable bonds is 6. The lowest BCUT2D eigenvalue weighted by molar-refractivity contribution is -0.117. The molecule has 0 radical (unpaired) electrons. The predicted molar refractivity (Wildman–Crippen MR) is 108 cm³/mol. The Hall–Kier alpha value is -3.23. The fraction of sp³-hybridized carbons (Fsp3) is 0.0526. The Bertz CT molecular complexity index is 1080. The summed E-state index contributed by atoms with van der Waals surface area (Å²) in [5.41, 5.74) is 0.458. The van der Waals surface area contributed by atoms with Crippen molar-refractivity contribution in [1.29, 1.82) is 0 Å². The summed E-state index contributed by atoms with van der Waals surface area (Å²) in [7, 11) is 0. The third kappa shape index (κ3) is 4.36. The first-order valence-corrected chi connectivity index (χ1v) is 9.57. The number of tetrazole rings is 1. The maximum atomic E-state index is 12.5. The molecule has 2 aromatic carbocycles. The van der Waals surface area contributed by atoms with Gasteiger partial charge in [-0.05, 0) is 47.0 Å². The minimum absolute atomic E-state index is 0.0876. The fourth-order valence-electron chi connectivity index (χ4n) is 2.44. The van der Waals surface area contributed by atoms with Crippen LogP contribution in [0.15, 0.2) is 66.0 Å². The molecule has 0 aliphatic carbocycles. The van der Waals surface area contributed by atoms with E-state index in [1.807, 2.05) is 47.8 Å². The molecule has 9 heteroatoms. The Morgan fingerprint density at radius 1 is 1.14 bits per heavy atom. The minimum Gasteiger partial charge on any atom is -0.455 e. The van der Waals surface area contributed by atoms with Crippen LogP contribution in [0.3, 0.4) is 0 Å². The average molecular weight is 412 g/mol. The Kier molecular flexibility index (Phi) is 5.31. The van der Waals surface area contributed by atoms with Gasteiger partial charge >= 0.3 is 0 Å². The van der Waals surface area contributed by atoms with Gasteiger partial charge < -0.3 is 10.1 Å². The molecular formula is C19H14ClN5O2S. The van der Waals surface area contributed by atoms with E-state index in [1.54, 1.807) is 18.2 Å². The molecule has 2 aromatic heterocycles. The van der Waals surface area contributed by atoms with Crippen molar-refractivity contribution in [3.63, 3.8) is 0 Å². The molecule has 1 N–H and O–H groups in total. The molecule has 4 aromatic rings. The maximum absolute atomic E-state index is 12.5. The van der Waals surface area contributed by atoms with Gasteiger partial charge in [0.1, 0.15) is 12.3 Å². The van der Waals surface area contributed by atoms with E-state index in [4.69, 9.17) is 16.3 Å². The van der Waals surface area contributed by atoms with Crippen molar-refractivity contribution in [2.24, 2.45) is 0 Å². The topological polar surface area (TPSA) is 81.9 Å². The van der Waals surface area contributed by atoms with Crippen LogP contribution in [0.1, 0.15) is 0 Å². The van der Waals surface area contributed by atoms with Gasteiger partial charge in [-0.3, -0.25) is 4.79 Å². The third-order valence-electron chi connectivity index (χ3n) is 3.67. The Balaban J connectivity index is 1.47. The molecule has 0 aliphatic rings. The molecule has 0 aliphatic heterocycles. The molecule has 0 spiro atoms. The first kappa shape index (κ1) is 18.1. The zero-order valence-corrected chi connectivity index (χ0v) is 16.0. The van der Waals surface area contributed by atoms with Crippen LogP contribution in [0.2, 0.25) is 5.02 Å². The molecule has 0 bridgehead atoms. The molecule has 0 fully saturated rings. The summed E-state index contributed by atoms with van der Waals surface area (Å²) >= 11 is 7.58. The van der Waals surface area contributed by atoms with E-state index in [0.29, 0.717) is 28.0 Å². The van der Waals surface area contributed by atoms with Crippen LogP contribution in [0.25, 0.3) is 10.7 Å². The summed E-state index contributed by atoms with van der Waals surface area (Å²) in [6.45, 7) is -0.0876. The van der Waals surface area contributed by atoms with Crippen LogP contribution in [0.4, 0.5) is 5.69 Å². The van der Waals surface area contributed by atoms with Crippen LogP contribution < -0.4 is 10.1 Å². The summed E-state index contributed by atoms with van der Waals surface area (Å²) < 4.78 is 5.85. The number of thiophene rings is 1. The molecule has 0 saturated carbocycles. The van der Waals surface area contributed by atoms with E-state index >= 15 is 0 Å². The smallest absolute Gasteiger partial charge is 0.248 e. The lowest BCUT2D eigenvalue weighted by Gasteiger charge is -2.12. The van der Waals surface area contributed by atoms with Crippen molar-refractivity contribution < 1.29 is 9.53 Å². The molecule has 0 saturated heterocycles. The van der Waals surface area contributed by atoms with Crippen molar-refractivity contribution in [2.45, 2.75) is 6.54 Å². The number of carbonyl (C=O) groups excluding carboxylic acids is 1. The third-order valence-corrected chi connectivity index (χ3v) is 4.77. The zero-order valence-electron chi connectivity index (χ0n) is 14.4. The number of hydrogen-bond acceptors (Lipinski definition) is 6. The molecule has 2 heterocycles. The Morgan fingerprint density at radius 2 is 2.00 bits per heavy atom. The summed E-state index contributed by atoms with van der Waals surface area (Å²) in [6, 6.07) is 18.1. The number of nitrogens with one attached hydrogen (secondary N) is 1. The minimum atomic E-state index is -0.324. The quantitative estimate of drug-likeness (QED) is 0.505. The van der Waals surface area contributed by atoms with Gasteiger partial charge in [-0.25, -0.2) is 0 Å². The fourth-order valence-corrected chi connectivity index (χ4v) is 3.26. The number of amides is 1. The number of para-hydroxylation sites is 1. The zero-order chi connectivity index (χ0) is 19.3. The van der Waals surface area contributed by atoms with Crippen molar-refractivity contribution in [3.8, 4) is 22.2 Å². The summed E-state index contributed by atoms with van der Waals surface area (Å²) in [5, 5.41) is 17.3. The van der Waals surface area contributed by atoms with Crippen molar-refractivity contribution in [1.82, 2.24) is 20.2 Å². The lowest BCUT2D eigenvalue weighted by atomic mass is 10.2. The number of aromatic nitrogens is 4. The summed E-state index contributed by atoms with van der Waals surface area (Å²) in [6.07, 6.45) is 0. The number of nitrogens with zero attached hydrogens (tertiary/aromatic N) is 4. The highest BCUT2D eigenvalue weighted by molar-refractivity contribution is 7.13. The molecule has 7 nitrogen and oxygen atoms in total. The van der Waals surface area contributed by atoms with Gasteiger partial charge in [0.25, 0.3) is 0 Å². The van der Waals surface area contributed by atoms with E-state index < -0.39 is 0 Å². The van der Waals surface area contributed by atoms with Gasteiger partial charge in [-0.2, -0.15) is 4.80 Å². The van der Waals surface area contributed by atoms with Gasteiger partial charge in [0.05, 0.1) is 10.6 Å². The normalized spacial score (nSPS) is 10.6. The molecule has 0 unspecified atom stereocenters. The molecule has 1 amide bonds. The van der Waals surface area contributed by atoms with Crippen LogP contribution in [-0.2, 0) is 11.3 Å². The largest absolute Gasteiger partial charge is 0.455 e. The van der Waals surface area contributed by atoms with Gasteiger partial charge in [0, 0.05) is 5.02 Å². The monoisotopic (exact) mass is 411 g/mol. The molecule has 140 valence electrons. The van der Waals surface area contributed by atoms with Crippen LogP contribution >= 0.6 is 22.9 Å². The van der Waals surface area contributed by atoms with E-state index in [1.165, 1.54) is 16.1 Å². The number of hydrogen-bond donors (Lipinski definition) is 1. The SMILES string of the molecule is O=C(Cn1nnc(-c2cccs2)n1)Nc1cc(Cl)ccc1Oc1ccccc1. The second-order valence-electron chi connectivity index (χ2n) is 5.72. The van der Waals surface area contributed by atoms with E-state index in [0.717, 1.165) is 4.88 Å². The van der Waals surface area contributed by atoms with Crippen LogP contribution in [0.5, 0.6) is 11.5 Å². The molecule has 0 atom stereocenters. The summed E-state index contributed by atoms with van der Waals surface area (Å²) in [5.74, 6) is 1.29. The number of halogens is 1. The number of anilines is 1. The first-order chi connectivity index (χ1) is 13.7. The van der Waals surface area contributed by atoms with Gasteiger partial charge in [-0.15, -0.1) is 21.5 Å². The van der Waals surface area contributed by atoms with Gasteiger partial charge in [-0.1, -0.05) is 35.9 Å². The van der Waals surface area contributed by atoms with Crippen molar-refractivity contribution in [3.05, 3.63) is 71.1 Å². The van der Waals surface area contributed by atoms with Gasteiger partial charge in [0.2, 0.25) is 11.7 Å². The maximum Gasteiger partial charge on any atom is 0.248 e. The Labute approximate surface area is 169 Å².